The predicted molar refractivity (Wildman–Crippen MR) is 55.8 cm³/mol. The van der Waals surface area contributed by atoms with Gasteiger partial charge in [-0.2, -0.15) is 0 Å². The van der Waals surface area contributed by atoms with Gasteiger partial charge in [-0.3, -0.25) is 4.79 Å². The van der Waals surface area contributed by atoms with Crippen molar-refractivity contribution in [3.63, 3.8) is 0 Å². The zero-order valence-corrected chi connectivity index (χ0v) is 9.00. The Hall–Kier alpha value is -0.570. The summed E-state index contributed by atoms with van der Waals surface area (Å²) in [5.74, 6) is 0.913. The van der Waals surface area contributed by atoms with Gasteiger partial charge in [0.25, 0.3) is 0 Å². The van der Waals surface area contributed by atoms with Crippen LogP contribution in [0.5, 0.6) is 0 Å². The summed E-state index contributed by atoms with van der Waals surface area (Å²) in [7, 11) is 0. The Kier molecular flexibility index (Phi) is 4.94. The summed E-state index contributed by atoms with van der Waals surface area (Å²) in [6.07, 6.45) is 5.57. The van der Waals surface area contributed by atoms with Crippen molar-refractivity contribution >= 4 is 5.97 Å². The van der Waals surface area contributed by atoms with E-state index in [1.165, 1.54) is 25.7 Å². The highest BCUT2D eigenvalue weighted by molar-refractivity contribution is 5.69. The van der Waals surface area contributed by atoms with E-state index in [0.717, 1.165) is 0 Å². The van der Waals surface area contributed by atoms with E-state index in [9.17, 15) is 4.79 Å². The highest BCUT2D eigenvalue weighted by Crippen LogP contribution is 2.32. The molecule has 1 rings (SSSR count). The predicted octanol–water partition coefficient (Wildman–Crippen LogP) is 1.70. The van der Waals surface area contributed by atoms with Gasteiger partial charge in [-0.1, -0.05) is 25.7 Å². The normalized spacial score (nSPS) is 19.6. The Balaban J connectivity index is 2.33. The minimum Gasteiger partial charge on any atom is -0.466 e. The van der Waals surface area contributed by atoms with Gasteiger partial charge in [0.2, 0.25) is 0 Å². The fourth-order valence-corrected chi connectivity index (χ4v) is 2.31. The molecule has 1 aliphatic carbocycles. The van der Waals surface area contributed by atoms with Crippen LogP contribution in [0.2, 0.25) is 0 Å². The number of ether oxygens (including phenoxy) is 1. The van der Waals surface area contributed by atoms with Crippen molar-refractivity contribution in [1.29, 1.82) is 0 Å². The van der Waals surface area contributed by atoms with Gasteiger partial charge in [-0.05, 0) is 25.3 Å². The second-order valence-electron chi connectivity index (χ2n) is 4.05. The van der Waals surface area contributed by atoms with Crippen molar-refractivity contribution in [3.8, 4) is 0 Å². The molecule has 0 aromatic carbocycles. The monoisotopic (exact) mass is 199 g/mol. The van der Waals surface area contributed by atoms with Gasteiger partial charge in [0.15, 0.2) is 0 Å². The molecule has 3 heteroatoms. The van der Waals surface area contributed by atoms with E-state index in [1.807, 2.05) is 6.92 Å². The quantitative estimate of drug-likeness (QED) is 0.686. The Bertz CT molecular complexity index is 176. The first-order chi connectivity index (χ1) is 6.77. The minimum absolute atomic E-state index is 0.0881. The molecule has 14 heavy (non-hydrogen) atoms. The number of carbonyl (C=O) groups excluding carboxylic acids is 1. The highest BCUT2D eigenvalue weighted by Gasteiger charge is 2.26. The van der Waals surface area contributed by atoms with Crippen LogP contribution in [0.15, 0.2) is 0 Å². The van der Waals surface area contributed by atoms with E-state index < -0.39 is 0 Å². The van der Waals surface area contributed by atoms with Gasteiger partial charge in [0.05, 0.1) is 6.61 Å². The van der Waals surface area contributed by atoms with Crippen LogP contribution in [-0.4, -0.2) is 19.1 Å². The van der Waals surface area contributed by atoms with Crippen molar-refractivity contribution in [3.05, 3.63) is 0 Å². The fraction of sp³-hybridized carbons (Fsp3) is 0.909. The second kappa shape index (κ2) is 6.02. The first kappa shape index (κ1) is 11.5. The molecule has 0 radical (unpaired) electrons. The number of rotatable bonds is 5. The second-order valence-corrected chi connectivity index (χ2v) is 4.05. The largest absolute Gasteiger partial charge is 0.466 e. The molecule has 1 saturated carbocycles. The number of hydrogen-bond donors (Lipinski definition) is 1. The Morgan fingerprint density at radius 2 is 2.14 bits per heavy atom. The topological polar surface area (TPSA) is 52.3 Å². The molecular formula is C11H21NO2. The van der Waals surface area contributed by atoms with Crippen LogP contribution in [0, 0.1) is 11.8 Å². The van der Waals surface area contributed by atoms with Gasteiger partial charge < -0.3 is 10.5 Å². The van der Waals surface area contributed by atoms with Crippen LogP contribution in [0.4, 0.5) is 0 Å². The minimum atomic E-state index is -0.0881. The number of carbonyl (C=O) groups is 1. The van der Waals surface area contributed by atoms with E-state index in [4.69, 9.17) is 10.5 Å². The van der Waals surface area contributed by atoms with Crippen molar-refractivity contribution < 1.29 is 9.53 Å². The van der Waals surface area contributed by atoms with Gasteiger partial charge in [0.1, 0.15) is 0 Å². The first-order valence-electron chi connectivity index (χ1n) is 5.63. The molecule has 0 aromatic rings. The Morgan fingerprint density at radius 1 is 1.50 bits per heavy atom. The molecule has 0 heterocycles. The zero-order valence-electron chi connectivity index (χ0n) is 9.00. The van der Waals surface area contributed by atoms with Crippen molar-refractivity contribution in [1.82, 2.24) is 0 Å². The SMILES string of the molecule is CCOC(=O)CC(CN)C1CCCC1. The Morgan fingerprint density at radius 3 is 2.64 bits per heavy atom. The molecule has 0 aromatic heterocycles. The molecule has 0 aliphatic heterocycles. The molecule has 2 N–H and O–H groups in total. The van der Waals surface area contributed by atoms with Gasteiger partial charge in [-0.25, -0.2) is 0 Å². The summed E-state index contributed by atoms with van der Waals surface area (Å²) in [5.41, 5.74) is 5.69. The van der Waals surface area contributed by atoms with Gasteiger partial charge in [0, 0.05) is 6.42 Å². The molecule has 0 amide bonds. The average Bonchev–Trinajstić information content (AvgIpc) is 2.67. The van der Waals surface area contributed by atoms with E-state index in [0.29, 0.717) is 31.4 Å². The van der Waals surface area contributed by atoms with E-state index in [-0.39, 0.29) is 5.97 Å². The van der Waals surface area contributed by atoms with Crippen LogP contribution in [-0.2, 0) is 9.53 Å². The summed E-state index contributed by atoms with van der Waals surface area (Å²) in [5, 5.41) is 0. The molecule has 1 fully saturated rings. The standard InChI is InChI=1S/C11H21NO2/c1-2-14-11(13)7-10(8-12)9-5-3-4-6-9/h9-10H,2-8,12H2,1H3. The fourth-order valence-electron chi connectivity index (χ4n) is 2.31. The third-order valence-corrected chi connectivity index (χ3v) is 3.10. The zero-order chi connectivity index (χ0) is 10.4. The van der Waals surface area contributed by atoms with Crippen molar-refractivity contribution in [2.45, 2.75) is 39.0 Å². The molecule has 1 atom stereocenters. The highest BCUT2D eigenvalue weighted by atomic mass is 16.5. The molecule has 0 saturated heterocycles. The number of esters is 1. The van der Waals surface area contributed by atoms with E-state index in [1.54, 1.807) is 0 Å². The molecule has 3 nitrogen and oxygen atoms in total. The summed E-state index contributed by atoms with van der Waals surface area (Å²) in [6.45, 7) is 2.93. The maximum absolute atomic E-state index is 11.3. The van der Waals surface area contributed by atoms with E-state index >= 15 is 0 Å². The van der Waals surface area contributed by atoms with E-state index in [2.05, 4.69) is 0 Å². The molecule has 1 aliphatic rings. The average molecular weight is 199 g/mol. The molecule has 1 unspecified atom stereocenters. The first-order valence-corrected chi connectivity index (χ1v) is 5.63. The van der Waals surface area contributed by atoms with Crippen LogP contribution in [0.1, 0.15) is 39.0 Å². The molecule has 82 valence electrons. The van der Waals surface area contributed by atoms with Gasteiger partial charge >= 0.3 is 5.97 Å². The van der Waals surface area contributed by atoms with Gasteiger partial charge in [-0.15, -0.1) is 0 Å². The third-order valence-electron chi connectivity index (χ3n) is 3.10. The summed E-state index contributed by atoms with van der Waals surface area (Å²) in [4.78, 5) is 11.3. The van der Waals surface area contributed by atoms with Crippen LogP contribution >= 0.6 is 0 Å². The lowest BCUT2D eigenvalue weighted by Crippen LogP contribution is -2.25. The van der Waals surface area contributed by atoms with Crippen LogP contribution < -0.4 is 5.73 Å². The molecule has 0 spiro atoms. The lowest BCUT2D eigenvalue weighted by molar-refractivity contribution is -0.144. The van der Waals surface area contributed by atoms with Crippen molar-refractivity contribution in [2.24, 2.45) is 17.6 Å². The van der Waals surface area contributed by atoms with Crippen LogP contribution in [0.25, 0.3) is 0 Å². The summed E-state index contributed by atoms with van der Waals surface area (Å²) < 4.78 is 4.94. The van der Waals surface area contributed by atoms with Crippen LogP contribution in [0.3, 0.4) is 0 Å². The maximum atomic E-state index is 11.3. The molecule has 0 bridgehead atoms. The summed E-state index contributed by atoms with van der Waals surface area (Å²) >= 11 is 0. The van der Waals surface area contributed by atoms with Crippen molar-refractivity contribution in [2.75, 3.05) is 13.2 Å². The summed E-state index contributed by atoms with van der Waals surface area (Å²) in [6, 6.07) is 0. The maximum Gasteiger partial charge on any atom is 0.306 e. The number of nitrogens with two attached hydrogens (primary N) is 1. The lowest BCUT2D eigenvalue weighted by Gasteiger charge is -2.20. The third kappa shape index (κ3) is 3.29. The Labute approximate surface area is 86.0 Å². The molecular weight excluding hydrogens is 178 g/mol. The number of hydrogen-bond acceptors (Lipinski definition) is 3. The smallest absolute Gasteiger partial charge is 0.306 e. The lowest BCUT2D eigenvalue weighted by atomic mass is 9.88.